The van der Waals surface area contributed by atoms with Gasteiger partial charge in [-0.1, -0.05) is 30.3 Å². The van der Waals surface area contributed by atoms with Gasteiger partial charge < -0.3 is 14.3 Å². The highest BCUT2D eigenvalue weighted by Crippen LogP contribution is 2.15. The van der Waals surface area contributed by atoms with Crippen LogP contribution in [-0.4, -0.2) is 27.6 Å². The maximum Gasteiger partial charge on any atom is 0.437 e. The number of benzene rings is 2. The highest BCUT2D eigenvalue weighted by atomic mass is 16.5. The van der Waals surface area contributed by atoms with Gasteiger partial charge in [-0.15, -0.1) is 5.10 Å². The van der Waals surface area contributed by atoms with Crippen LogP contribution in [0.5, 0.6) is 5.75 Å². The minimum atomic E-state index is -0.878. The maximum absolute atomic E-state index is 11.8. The molecule has 0 saturated carbocycles. The van der Waals surface area contributed by atoms with Gasteiger partial charge in [0.25, 0.3) is 0 Å². The molecule has 0 saturated heterocycles. The van der Waals surface area contributed by atoms with Crippen molar-refractivity contribution in [2.24, 2.45) is 0 Å². The summed E-state index contributed by atoms with van der Waals surface area (Å²) < 4.78 is 11.8. The predicted octanol–water partition coefficient (Wildman–Crippen LogP) is 2.25. The van der Waals surface area contributed by atoms with Crippen molar-refractivity contribution in [3.05, 3.63) is 70.7 Å². The quantitative estimate of drug-likeness (QED) is 0.752. The summed E-state index contributed by atoms with van der Waals surface area (Å²) >= 11 is 0. The molecule has 6 heteroatoms. The number of aryl methyl sites for hydroxylation is 1. The van der Waals surface area contributed by atoms with Crippen LogP contribution in [0.3, 0.4) is 0 Å². The van der Waals surface area contributed by atoms with Gasteiger partial charge in [-0.2, -0.15) is 4.68 Å². The molecule has 0 spiro atoms. The Kier molecular flexibility index (Phi) is 4.77. The Morgan fingerprint density at radius 1 is 1.21 bits per heavy atom. The number of hydrogen-bond donors (Lipinski definition) is 1. The number of rotatable bonds is 6. The van der Waals surface area contributed by atoms with Crippen LogP contribution < -0.4 is 10.5 Å². The molecule has 0 fully saturated rings. The molecule has 1 atom stereocenters. The Morgan fingerprint density at radius 3 is 2.75 bits per heavy atom. The zero-order valence-electron chi connectivity index (χ0n) is 13.3. The van der Waals surface area contributed by atoms with Gasteiger partial charge >= 0.3 is 5.76 Å². The molecule has 0 aliphatic carbocycles. The highest BCUT2D eigenvalue weighted by Gasteiger charge is 2.14. The molecule has 0 aliphatic heterocycles. The highest BCUT2D eigenvalue weighted by molar-refractivity contribution is 5.51. The summed E-state index contributed by atoms with van der Waals surface area (Å²) in [5.41, 5.74) is 1.78. The van der Waals surface area contributed by atoms with Crippen LogP contribution in [0.25, 0.3) is 11.5 Å². The van der Waals surface area contributed by atoms with Gasteiger partial charge in [0.2, 0.25) is 5.89 Å². The van der Waals surface area contributed by atoms with Gasteiger partial charge in [0.1, 0.15) is 18.5 Å². The van der Waals surface area contributed by atoms with E-state index < -0.39 is 11.9 Å². The van der Waals surface area contributed by atoms with E-state index in [-0.39, 0.29) is 19.0 Å². The molecule has 24 heavy (non-hydrogen) atoms. The lowest BCUT2D eigenvalue weighted by Crippen LogP contribution is -2.29. The molecule has 2 aromatic carbocycles. The summed E-state index contributed by atoms with van der Waals surface area (Å²) in [7, 11) is 0. The first-order valence-electron chi connectivity index (χ1n) is 7.63. The summed E-state index contributed by atoms with van der Waals surface area (Å²) in [6, 6.07) is 16.7. The fourth-order valence-corrected chi connectivity index (χ4v) is 2.27. The van der Waals surface area contributed by atoms with E-state index in [1.54, 1.807) is 12.1 Å². The van der Waals surface area contributed by atoms with Gasteiger partial charge in [0.05, 0.1) is 6.54 Å². The third-order valence-electron chi connectivity index (χ3n) is 3.44. The molecule has 124 valence electrons. The summed E-state index contributed by atoms with van der Waals surface area (Å²) in [6.45, 7) is 2.02. The van der Waals surface area contributed by atoms with Crippen molar-refractivity contribution in [2.45, 2.75) is 19.6 Å². The molecule has 3 aromatic rings. The van der Waals surface area contributed by atoms with Crippen LogP contribution in [0.2, 0.25) is 0 Å². The number of aliphatic hydroxyl groups is 1. The van der Waals surface area contributed by atoms with Crippen molar-refractivity contribution in [1.82, 2.24) is 9.78 Å². The van der Waals surface area contributed by atoms with Crippen molar-refractivity contribution in [3.63, 3.8) is 0 Å². The van der Waals surface area contributed by atoms with E-state index in [9.17, 15) is 9.90 Å². The monoisotopic (exact) mass is 326 g/mol. The summed E-state index contributed by atoms with van der Waals surface area (Å²) in [5.74, 6) is 0.294. The first-order valence-corrected chi connectivity index (χ1v) is 7.63. The lowest BCUT2D eigenvalue weighted by atomic mass is 10.2. The number of aliphatic hydroxyl groups excluding tert-OH is 1. The normalized spacial score (nSPS) is 12.1. The fourth-order valence-electron chi connectivity index (χ4n) is 2.27. The van der Waals surface area contributed by atoms with Gasteiger partial charge in [-0.05, 0) is 36.8 Å². The number of ether oxygens (including phenoxy) is 1. The third kappa shape index (κ3) is 3.91. The molecular formula is C18H18N2O4. The summed E-state index contributed by atoms with van der Waals surface area (Å²) in [4.78, 5) is 11.8. The van der Waals surface area contributed by atoms with Gasteiger partial charge in [0, 0.05) is 5.56 Å². The van der Waals surface area contributed by atoms with Crippen LogP contribution in [0.1, 0.15) is 5.56 Å². The van der Waals surface area contributed by atoms with Gasteiger partial charge in [-0.3, -0.25) is 0 Å². The fraction of sp³-hybridized carbons (Fsp3) is 0.222. The Morgan fingerprint density at radius 2 is 2.00 bits per heavy atom. The molecule has 0 radical (unpaired) electrons. The second-order valence-electron chi connectivity index (χ2n) is 5.50. The minimum Gasteiger partial charge on any atom is -0.491 e. The van der Waals surface area contributed by atoms with E-state index in [1.807, 2.05) is 49.4 Å². The van der Waals surface area contributed by atoms with Crippen LogP contribution in [-0.2, 0) is 6.54 Å². The molecule has 0 bridgehead atoms. The Bertz CT molecular complexity index is 855. The van der Waals surface area contributed by atoms with Gasteiger partial charge in [0.15, 0.2) is 0 Å². The van der Waals surface area contributed by atoms with E-state index >= 15 is 0 Å². The molecule has 3 rings (SSSR count). The molecule has 1 aromatic heterocycles. The molecule has 0 aliphatic rings. The lowest BCUT2D eigenvalue weighted by Gasteiger charge is -2.11. The molecule has 1 unspecified atom stereocenters. The van der Waals surface area contributed by atoms with Crippen molar-refractivity contribution in [3.8, 4) is 17.2 Å². The first-order chi connectivity index (χ1) is 11.6. The van der Waals surface area contributed by atoms with E-state index in [0.717, 1.165) is 10.2 Å². The largest absolute Gasteiger partial charge is 0.491 e. The van der Waals surface area contributed by atoms with E-state index in [1.165, 1.54) is 0 Å². The molecular weight excluding hydrogens is 308 g/mol. The van der Waals surface area contributed by atoms with Crippen molar-refractivity contribution < 1.29 is 14.3 Å². The average Bonchev–Trinajstić information content (AvgIpc) is 2.95. The number of nitrogens with zero attached hydrogens (tertiary/aromatic N) is 2. The summed E-state index contributed by atoms with van der Waals surface area (Å²) in [6.07, 6.45) is -0.878. The Labute approximate surface area is 138 Å². The van der Waals surface area contributed by atoms with Gasteiger partial charge in [-0.25, -0.2) is 4.79 Å². The third-order valence-corrected chi connectivity index (χ3v) is 3.44. The first kappa shape index (κ1) is 16.0. The average molecular weight is 326 g/mol. The zero-order valence-corrected chi connectivity index (χ0v) is 13.3. The number of hydrogen-bond acceptors (Lipinski definition) is 5. The smallest absolute Gasteiger partial charge is 0.437 e. The summed E-state index contributed by atoms with van der Waals surface area (Å²) in [5, 5.41) is 14.2. The van der Waals surface area contributed by atoms with Crippen molar-refractivity contribution in [1.29, 1.82) is 0 Å². The molecule has 1 N–H and O–H groups in total. The Hall–Kier alpha value is -2.86. The van der Waals surface area contributed by atoms with Crippen LogP contribution in [0, 0.1) is 6.92 Å². The molecule has 0 amide bonds. The van der Waals surface area contributed by atoms with Crippen LogP contribution >= 0.6 is 0 Å². The van der Waals surface area contributed by atoms with E-state index in [4.69, 9.17) is 9.15 Å². The predicted molar refractivity (Wildman–Crippen MR) is 88.9 cm³/mol. The lowest BCUT2D eigenvalue weighted by molar-refractivity contribution is 0.0875. The SMILES string of the molecule is Cc1cccc(OCC(O)Cn2nc(-c3ccccc3)oc2=O)c1. The second kappa shape index (κ2) is 7.14. The van der Waals surface area contributed by atoms with Crippen LogP contribution in [0.4, 0.5) is 0 Å². The van der Waals surface area contributed by atoms with E-state index in [2.05, 4.69) is 5.10 Å². The zero-order chi connectivity index (χ0) is 16.9. The topological polar surface area (TPSA) is 77.5 Å². The maximum atomic E-state index is 11.8. The standard InChI is InChI=1S/C18H18N2O4/c1-13-6-5-9-16(10-13)23-12-15(21)11-20-18(22)24-17(19-20)14-7-3-2-4-8-14/h2-10,15,21H,11-12H2,1H3. The van der Waals surface area contributed by atoms with Crippen LogP contribution in [0.15, 0.2) is 63.8 Å². The molecule has 6 nitrogen and oxygen atoms in total. The molecule has 1 heterocycles. The Balaban J connectivity index is 1.63. The van der Waals surface area contributed by atoms with Crippen molar-refractivity contribution in [2.75, 3.05) is 6.61 Å². The van der Waals surface area contributed by atoms with Crippen molar-refractivity contribution >= 4 is 0 Å². The second-order valence-corrected chi connectivity index (χ2v) is 5.50. The van der Waals surface area contributed by atoms with E-state index in [0.29, 0.717) is 11.3 Å². The minimum absolute atomic E-state index is 0.000975. The number of aromatic nitrogens is 2.